The van der Waals surface area contributed by atoms with Crippen LogP contribution in [0.1, 0.15) is 32.4 Å². The number of nitrogens with zero attached hydrogens (tertiary/aromatic N) is 2. The van der Waals surface area contributed by atoms with Crippen LogP contribution in [0.3, 0.4) is 0 Å². The smallest absolute Gasteiger partial charge is 0.0663 e. The molecule has 84 valence electrons. The van der Waals surface area contributed by atoms with Crippen LogP contribution in [-0.4, -0.2) is 29.5 Å². The van der Waals surface area contributed by atoms with Crippen molar-refractivity contribution in [3.63, 3.8) is 0 Å². The highest BCUT2D eigenvalue weighted by Crippen LogP contribution is 2.19. The maximum atomic E-state index is 5.43. The number of morpholine rings is 1. The third-order valence-corrected chi connectivity index (χ3v) is 2.61. The Morgan fingerprint density at radius 3 is 2.87 bits per heavy atom. The predicted molar refractivity (Wildman–Crippen MR) is 58.8 cm³/mol. The first-order valence-corrected chi connectivity index (χ1v) is 5.43. The summed E-state index contributed by atoms with van der Waals surface area (Å²) in [6.45, 7) is 8.92. The summed E-state index contributed by atoms with van der Waals surface area (Å²) in [5.41, 5.74) is 1.26. The summed E-state index contributed by atoms with van der Waals surface area (Å²) in [7, 11) is 0. The van der Waals surface area contributed by atoms with Gasteiger partial charge >= 0.3 is 0 Å². The van der Waals surface area contributed by atoms with Crippen LogP contribution >= 0.6 is 0 Å². The molecule has 1 unspecified atom stereocenters. The quantitative estimate of drug-likeness (QED) is 0.757. The number of hydrogen-bond donors (Lipinski definition) is 1. The van der Waals surface area contributed by atoms with Gasteiger partial charge in [-0.1, -0.05) is 0 Å². The van der Waals surface area contributed by atoms with Crippen LogP contribution in [0.25, 0.3) is 0 Å². The minimum atomic E-state index is 0.0494. The minimum absolute atomic E-state index is 0.0494. The maximum Gasteiger partial charge on any atom is 0.0663 e. The van der Waals surface area contributed by atoms with E-state index in [2.05, 4.69) is 37.4 Å². The molecule has 1 aromatic rings. The molecule has 0 aliphatic carbocycles. The standard InChI is InChI=1S/C11H19N3O/c1-11(2,3)14-7-9(6-13-14)10-8-15-5-4-12-10/h6-7,10,12H,4-5,8H2,1-3H3. The maximum absolute atomic E-state index is 5.43. The Hall–Kier alpha value is -0.870. The van der Waals surface area contributed by atoms with E-state index in [1.54, 1.807) is 0 Å². The summed E-state index contributed by atoms with van der Waals surface area (Å²) in [5, 5.41) is 7.81. The van der Waals surface area contributed by atoms with Crippen molar-refractivity contribution < 1.29 is 4.74 Å². The lowest BCUT2D eigenvalue weighted by Gasteiger charge is -2.23. The third kappa shape index (κ3) is 2.38. The first-order chi connectivity index (χ1) is 7.07. The molecule has 1 atom stereocenters. The molecule has 1 aliphatic rings. The molecule has 1 fully saturated rings. The molecule has 0 spiro atoms. The number of rotatable bonds is 1. The largest absolute Gasteiger partial charge is 0.378 e. The van der Waals surface area contributed by atoms with E-state index in [9.17, 15) is 0 Å². The molecule has 0 aromatic carbocycles. The van der Waals surface area contributed by atoms with Gasteiger partial charge in [-0.3, -0.25) is 4.68 Å². The molecule has 15 heavy (non-hydrogen) atoms. The SMILES string of the molecule is CC(C)(C)n1cc(C2COCCN2)cn1. The average Bonchev–Trinajstić information content (AvgIpc) is 2.67. The van der Waals surface area contributed by atoms with Crippen molar-refractivity contribution in [1.29, 1.82) is 0 Å². The van der Waals surface area contributed by atoms with E-state index < -0.39 is 0 Å². The zero-order chi connectivity index (χ0) is 10.9. The summed E-state index contributed by atoms with van der Waals surface area (Å²) in [5.74, 6) is 0. The Morgan fingerprint density at radius 1 is 1.53 bits per heavy atom. The molecule has 2 rings (SSSR count). The normalized spacial score (nSPS) is 23.0. The molecule has 2 heterocycles. The second-order valence-electron chi connectivity index (χ2n) is 4.97. The van der Waals surface area contributed by atoms with Crippen LogP contribution in [0.5, 0.6) is 0 Å². The van der Waals surface area contributed by atoms with E-state index in [1.165, 1.54) is 5.56 Å². The highest BCUT2D eigenvalue weighted by atomic mass is 16.5. The third-order valence-electron chi connectivity index (χ3n) is 2.61. The Bertz CT molecular complexity index is 321. The van der Waals surface area contributed by atoms with Gasteiger partial charge in [0.15, 0.2) is 0 Å². The van der Waals surface area contributed by atoms with E-state index in [1.807, 2.05) is 10.9 Å². The summed E-state index contributed by atoms with van der Waals surface area (Å²) in [6.07, 6.45) is 4.03. The van der Waals surface area contributed by atoms with Gasteiger partial charge in [0.05, 0.1) is 31.0 Å². The number of aromatic nitrogens is 2. The van der Waals surface area contributed by atoms with Crippen molar-refractivity contribution >= 4 is 0 Å². The Labute approximate surface area is 90.6 Å². The van der Waals surface area contributed by atoms with Crippen LogP contribution in [-0.2, 0) is 10.3 Å². The molecule has 0 bridgehead atoms. The molecule has 1 saturated heterocycles. The summed E-state index contributed by atoms with van der Waals surface area (Å²) in [6, 6.07) is 0.301. The van der Waals surface area contributed by atoms with E-state index in [0.717, 1.165) is 19.8 Å². The topological polar surface area (TPSA) is 39.1 Å². The average molecular weight is 209 g/mol. The lowest BCUT2D eigenvalue weighted by atomic mass is 10.1. The Kier molecular flexibility index (Phi) is 2.80. The minimum Gasteiger partial charge on any atom is -0.378 e. The highest BCUT2D eigenvalue weighted by Gasteiger charge is 2.20. The molecule has 1 aliphatic heterocycles. The second-order valence-corrected chi connectivity index (χ2v) is 4.97. The van der Waals surface area contributed by atoms with Crippen LogP contribution in [0.2, 0.25) is 0 Å². The molecule has 0 radical (unpaired) electrons. The fourth-order valence-corrected chi connectivity index (χ4v) is 1.66. The first-order valence-electron chi connectivity index (χ1n) is 5.43. The highest BCUT2D eigenvalue weighted by molar-refractivity contribution is 5.12. The zero-order valence-electron chi connectivity index (χ0n) is 9.66. The van der Waals surface area contributed by atoms with E-state index in [0.29, 0.717) is 6.04 Å². The molecule has 4 heteroatoms. The lowest BCUT2D eigenvalue weighted by molar-refractivity contribution is 0.0768. The van der Waals surface area contributed by atoms with Crippen molar-refractivity contribution in [2.24, 2.45) is 0 Å². The van der Waals surface area contributed by atoms with Crippen LogP contribution in [0.4, 0.5) is 0 Å². The Morgan fingerprint density at radius 2 is 2.33 bits per heavy atom. The van der Waals surface area contributed by atoms with Gasteiger partial charge in [-0.25, -0.2) is 0 Å². The number of nitrogens with one attached hydrogen (secondary N) is 1. The summed E-state index contributed by atoms with van der Waals surface area (Å²) >= 11 is 0. The molecular formula is C11H19N3O. The number of hydrogen-bond acceptors (Lipinski definition) is 3. The first kappa shape index (κ1) is 10.6. The van der Waals surface area contributed by atoms with Crippen molar-refractivity contribution in [3.8, 4) is 0 Å². The van der Waals surface area contributed by atoms with Gasteiger partial charge in [-0.15, -0.1) is 0 Å². The molecule has 1 N–H and O–H groups in total. The van der Waals surface area contributed by atoms with E-state index >= 15 is 0 Å². The second kappa shape index (κ2) is 3.94. The van der Waals surface area contributed by atoms with Gasteiger partial charge in [0.25, 0.3) is 0 Å². The van der Waals surface area contributed by atoms with Gasteiger partial charge in [0.2, 0.25) is 0 Å². The molecule has 4 nitrogen and oxygen atoms in total. The van der Waals surface area contributed by atoms with Gasteiger partial charge in [0.1, 0.15) is 0 Å². The lowest BCUT2D eigenvalue weighted by Crippen LogP contribution is -2.34. The van der Waals surface area contributed by atoms with Gasteiger partial charge in [0, 0.05) is 18.3 Å². The fourth-order valence-electron chi connectivity index (χ4n) is 1.66. The van der Waals surface area contributed by atoms with Crippen LogP contribution in [0, 0.1) is 0 Å². The monoisotopic (exact) mass is 209 g/mol. The molecule has 1 aromatic heterocycles. The number of ether oxygens (including phenoxy) is 1. The van der Waals surface area contributed by atoms with Crippen molar-refractivity contribution in [3.05, 3.63) is 18.0 Å². The van der Waals surface area contributed by atoms with Crippen molar-refractivity contribution in [2.45, 2.75) is 32.4 Å². The fraction of sp³-hybridized carbons (Fsp3) is 0.727. The van der Waals surface area contributed by atoms with Gasteiger partial charge < -0.3 is 10.1 Å². The predicted octanol–water partition coefficient (Wildman–Crippen LogP) is 1.30. The van der Waals surface area contributed by atoms with Crippen LogP contribution in [0.15, 0.2) is 12.4 Å². The summed E-state index contributed by atoms with van der Waals surface area (Å²) in [4.78, 5) is 0. The summed E-state index contributed by atoms with van der Waals surface area (Å²) < 4.78 is 7.43. The van der Waals surface area contributed by atoms with Crippen LogP contribution < -0.4 is 5.32 Å². The Balaban J connectivity index is 2.12. The molecular weight excluding hydrogens is 190 g/mol. The molecule has 0 saturated carbocycles. The zero-order valence-corrected chi connectivity index (χ0v) is 9.66. The van der Waals surface area contributed by atoms with Gasteiger partial charge in [-0.2, -0.15) is 5.10 Å². The van der Waals surface area contributed by atoms with Crippen molar-refractivity contribution in [2.75, 3.05) is 19.8 Å². The molecule has 0 amide bonds. The van der Waals surface area contributed by atoms with Crippen molar-refractivity contribution in [1.82, 2.24) is 15.1 Å². The van der Waals surface area contributed by atoms with Gasteiger partial charge in [-0.05, 0) is 20.8 Å². The van der Waals surface area contributed by atoms with E-state index in [4.69, 9.17) is 4.74 Å². The van der Waals surface area contributed by atoms with E-state index in [-0.39, 0.29) is 5.54 Å².